The molecule has 1 rings (SSSR count). The molecular formula is C9H16. The zero-order valence-electron chi connectivity index (χ0n) is 6.48. The van der Waals surface area contributed by atoms with Crippen LogP contribution in [-0.2, 0) is 0 Å². The Kier molecular flexibility index (Phi) is 2.32. The van der Waals surface area contributed by atoms with E-state index >= 15 is 0 Å². The summed E-state index contributed by atoms with van der Waals surface area (Å²) in [7, 11) is 0. The third kappa shape index (κ3) is 1.57. The van der Waals surface area contributed by atoms with E-state index in [1.165, 1.54) is 25.7 Å². The van der Waals surface area contributed by atoms with E-state index in [1.807, 2.05) is 0 Å². The molecule has 1 aliphatic rings. The molecule has 1 aliphatic carbocycles. The van der Waals surface area contributed by atoms with E-state index in [1.54, 1.807) is 5.57 Å². The summed E-state index contributed by atoms with van der Waals surface area (Å²) >= 11 is 0. The maximum Gasteiger partial charge on any atom is -0.0232 e. The molecule has 0 N–H and O–H groups in total. The van der Waals surface area contributed by atoms with E-state index in [2.05, 4.69) is 19.9 Å². The van der Waals surface area contributed by atoms with Crippen LogP contribution in [0.2, 0.25) is 0 Å². The maximum atomic E-state index is 2.34. The molecule has 0 nitrogen and oxygen atoms in total. The van der Waals surface area contributed by atoms with E-state index in [-0.39, 0.29) is 0 Å². The first kappa shape index (κ1) is 6.85. The molecule has 0 aliphatic heterocycles. The molecule has 0 aromatic carbocycles. The van der Waals surface area contributed by atoms with Crippen LogP contribution in [0.25, 0.3) is 0 Å². The van der Waals surface area contributed by atoms with Gasteiger partial charge in [-0.3, -0.25) is 0 Å². The minimum Gasteiger partial charge on any atom is -0.0882 e. The molecule has 0 unspecified atom stereocenters. The van der Waals surface area contributed by atoms with Crippen molar-refractivity contribution in [1.29, 1.82) is 0 Å². The highest BCUT2D eigenvalue weighted by molar-refractivity contribution is 5.06. The molecule has 0 heterocycles. The Morgan fingerprint density at radius 2 is 2.22 bits per heavy atom. The first-order valence-corrected chi connectivity index (χ1v) is 3.99. The Hall–Kier alpha value is -0.260. The second-order valence-corrected chi connectivity index (χ2v) is 3.01. The fourth-order valence-electron chi connectivity index (χ4n) is 1.64. The molecule has 0 heteroatoms. The van der Waals surface area contributed by atoms with Gasteiger partial charge >= 0.3 is 0 Å². The normalized spacial score (nSPS) is 33.1. The highest BCUT2D eigenvalue weighted by Crippen LogP contribution is 2.28. The van der Waals surface area contributed by atoms with Crippen LogP contribution >= 0.6 is 0 Å². The van der Waals surface area contributed by atoms with Crippen LogP contribution in [-0.4, -0.2) is 0 Å². The lowest BCUT2D eigenvalue weighted by Crippen LogP contribution is -2.05. The smallest absolute Gasteiger partial charge is 0.0232 e. The van der Waals surface area contributed by atoms with Gasteiger partial charge < -0.3 is 0 Å². The summed E-state index contributed by atoms with van der Waals surface area (Å²) in [6, 6.07) is 0. The summed E-state index contributed by atoms with van der Waals surface area (Å²) in [4.78, 5) is 0. The minimum absolute atomic E-state index is 0.878. The van der Waals surface area contributed by atoms with Gasteiger partial charge in [-0.2, -0.15) is 0 Å². The van der Waals surface area contributed by atoms with Crippen molar-refractivity contribution in [3.05, 3.63) is 11.6 Å². The summed E-state index contributed by atoms with van der Waals surface area (Å²) in [5.41, 5.74) is 1.68. The van der Waals surface area contributed by atoms with Gasteiger partial charge in [-0.25, -0.2) is 0 Å². The average Bonchev–Trinajstić information content (AvgIpc) is 1.89. The molecule has 0 bridgehead atoms. The second-order valence-electron chi connectivity index (χ2n) is 3.01. The van der Waals surface area contributed by atoms with Gasteiger partial charge in [0.1, 0.15) is 0 Å². The van der Waals surface area contributed by atoms with E-state index in [9.17, 15) is 0 Å². The number of allylic oxidation sites excluding steroid dienone is 2. The fraction of sp³-hybridized carbons (Fsp3) is 0.778. The minimum atomic E-state index is 0.878. The Balaban J connectivity index is 2.49. The summed E-state index contributed by atoms with van der Waals surface area (Å²) in [5.74, 6) is 0.878. The molecule has 0 aromatic rings. The third-order valence-corrected chi connectivity index (χ3v) is 2.36. The molecular weight excluding hydrogens is 108 g/mol. The standard InChI is InChI=1S/C9H16/c1-3-9-7-5-4-6-8(9)2/h3,8H,4-7H2,1-2H3/b9-3+/t8-/m0/s1. The summed E-state index contributed by atoms with van der Waals surface area (Å²) in [5, 5.41) is 0. The predicted octanol–water partition coefficient (Wildman–Crippen LogP) is 3.14. The molecule has 0 radical (unpaired) electrons. The van der Waals surface area contributed by atoms with Crippen molar-refractivity contribution >= 4 is 0 Å². The van der Waals surface area contributed by atoms with Gasteiger partial charge in [0.2, 0.25) is 0 Å². The number of hydrogen-bond donors (Lipinski definition) is 0. The van der Waals surface area contributed by atoms with E-state index in [0.29, 0.717) is 0 Å². The van der Waals surface area contributed by atoms with Crippen molar-refractivity contribution in [3.8, 4) is 0 Å². The van der Waals surface area contributed by atoms with E-state index in [0.717, 1.165) is 5.92 Å². The van der Waals surface area contributed by atoms with Crippen molar-refractivity contribution in [1.82, 2.24) is 0 Å². The van der Waals surface area contributed by atoms with Crippen molar-refractivity contribution < 1.29 is 0 Å². The van der Waals surface area contributed by atoms with Crippen molar-refractivity contribution in [3.63, 3.8) is 0 Å². The van der Waals surface area contributed by atoms with Gasteiger partial charge in [0.05, 0.1) is 0 Å². The molecule has 9 heavy (non-hydrogen) atoms. The Labute approximate surface area is 58.0 Å². The number of hydrogen-bond acceptors (Lipinski definition) is 0. The lowest BCUT2D eigenvalue weighted by Gasteiger charge is -2.20. The predicted molar refractivity (Wildman–Crippen MR) is 41.4 cm³/mol. The van der Waals surface area contributed by atoms with Crippen LogP contribution in [0.1, 0.15) is 39.5 Å². The van der Waals surface area contributed by atoms with Gasteiger partial charge in [0, 0.05) is 0 Å². The zero-order valence-corrected chi connectivity index (χ0v) is 6.48. The first-order valence-electron chi connectivity index (χ1n) is 3.99. The summed E-state index contributed by atoms with van der Waals surface area (Å²) < 4.78 is 0. The van der Waals surface area contributed by atoms with Crippen LogP contribution < -0.4 is 0 Å². The van der Waals surface area contributed by atoms with Crippen LogP contribution in [0.15, 0.2) is 11.6 Å². The molecule has 1 fully saturated rings. The molecule has 52 valence electrons. The van der Waals surface area contributed by atoms with Gasteiger partial charge in [-0.15, -0.1) is 0 Å². The largest absolute Gasteiger partial charge is 0.0882 e. The van der Waals surface area contributed by atoms with E-state index in [4.69, 9.17) is 0 Å². The lowest BCUT2D eigenvalue weighted by molar-refractivity contribution is 0.483. The van der Waals surface area contributed by atoms with Crippen LogP contribution in [0.4, 0.5) is 0 Å². The van der Waals surface area contributed by atoms with Crippen LogP contribution in [0, 0.1) is 5.92 Å². The quantitative estimate of drug-likeness (QED) is 0.435. The zero-order chi connectivity index (χ0) is 6.69. The summed E-state index contributed by atoms with van der Waals surface area (Å²) in [6.07, 6.45) is 7.93. The van der Waals surface area contributed by atoms with Gasteiger partial charge in [0.15, 0.2) is 0 Å². The lowest BCUT2D eigenvalue weighted by atomic mass is 9.86. The van der Waals surface area contributed by atoms with Gasteiger partial charge in [-0.05, 0) is 32.1 Å². The highest BCUT2D eigenvalue weighted by atomic mass is 14.2. The molecule has 0 aromatic heterocycles. The SMILES string of the molecule is C/C=C1\CCCC[C@@H]1C. The second kappa shape index (κ2) is 3.05. The first-order chi connectivity index (χ1) is 4.34. The highest BCUT2D eigenvalue weighted by Gasteiger charge is 2.11. The Morgan fingerprint density at radius 1 is 1.44 bits per heavy atom. The Morgan fingerprint density at radius 3 is 2.67 bits per heavy atom. The van der Waals surface area contributed by atoms with Gasteiger partial charge in [-0.1, -0.05) is 25.0 Å². The molecule has 0 spiro atoms. The summed E-state index contributed by atoms with van der Waals surface area (Å²) in [6.45, 7) is 4.51. The van der Waals surface area contributed by atoms with Crippen molar-refractivity contribution in [2.75, 3.05) is 0 Å². The third-order valence-electron chi connectivity index (χ3n) is 2.36. The van der Waals surface area contributed by atoms with Crippen molar-refractivity contribution in [2.45, 2.75) is 39.5 Å². The topological polar surface area (TPSA) is 0 Å². The van der Waals surface area contributed by atoms with Gasteiger partial charge in [0.25, 0.3) is 0 Å². The molecule has 0 amide bonds. The van der Waals surface area contributed by atoms with Crippen LogP contribution in [0.3, 0.4) is 0 Å². The van der Waals surface area contributed by atoms with Crippen molar-refractivity contribution in [2.24, 2.45) is 5.92 Å². The number of rotatable bonds is 0. The maximum absolute atomic E-state index is 2.34. The fourth-order valence-corrected chi connectivity index (χ4v) is 1.64. The average molecular weight is 124 g/mol. The molecule has 0 saturated heterocycles. The van der Waals surface area contributed by atoms with E-state index < -0.39 is 0 Å². The van der Waals surface area contributed by atoms with Crippen LogP contribution in [0.5, 0.6) is 0 Å². The molecule has 1 saturated carbocycles. The monoisotopic (exact) mass is 124 g/mol. The Bertz CT molecular complexity index is 111. The molecule has 1 atom stereocenters.